The molecule has 0 unspecified atom stereocenters. The lowest BCUT2D eigenvalue weighted by molar-refractivity contribution is 0.102. The molecule has 1 aromatic heterocycles. The second-order valence-corrected chi connectivity index (χ2v) is 6.51. The molecule has 4 rings (SSSR count). The molecular weight excluding hydrogens is 322 g/mol. The Kier molecular flexibility index (Phi) is 4.01. The van der Waals surface area contributed by atoms with Crippen molar-refractivity contribution in [3.8, 4) is 11.4 Å². The van der Waals surface area contributed by atoms with Gasteiger partial charge in [-0.1, -0.05) is 35.9 Å². The number of rotatable bonds is 3. The molecular formula is C22H19N3O. The van der Waals surface area contributed by atoms with Crippen molar-refractivity contribution in [3.63, 3.8) is 0 Å². The first kappa shape index (κ1) is 16.1. The molecule has 0 bridgehead atoms. The van der Waals surface area contributed by atoms with Crippen LogP contribution in [0.15, 0.2) is 66.7 Å². The van der Waals surface area contributed by atoms with Gasteiger partial charge in [-0.05, 0) is 55.8 Å². The van der Waals surface area contributed by atoms with Crippen molar-refractivity contribution < 1.29 is 4.79 Å². The number of anilines is 1. The molecule has 0 aliphatic carbocycles. The highest BCUT2D eigenvalue weighted by molar-refractivity contribution is 6.04. The molecule has 0 aliphatic heterocycles. The monoisotopic (exact) mass is 341 g/mol. The van der Waals surface area contributed by atoms with Gasteiger partial charge in [-0.15, -0.1) is 0 Å². The number of aromatic amines is 1. The summed E-state index contributed by atoms with van der Waals surface area (Å²) in [7, 11) is 0. The molecule has 1 heterocycles. The fraction of sp³-hybridized carbons (Fsp3) is 0.0909. The van der Waals surface area contributed by atoms with E-state index in [2.05, 4.69) is 28.3 Å². The van der Waals surface area contributed by atoms with Crippen molar-refractivity contribution in [1.29, 1.82) is 0 Å². The van der Waals surface area contributed by atoms with E-state index in [-0.39, 0.29) is 5.91 Å². The average molecular weight is 341 g/mol. The van der Waals surface area contributed by atoms with Crippen LogP contribution in [-0.2, 0) is 0 Å². The molecule has 0 atom stereocenters. The third-order valence-corrected chi connectivity index (χ3v) is 4.35. The van der Waals surface area contributed by atoms with Crippen LogP contribution in [0.5, 0.6) is 0 Å². The second-order valence-electron chi connectivity index (χ2n) is 6.51. The number of hydrogen-bond acceptors (Lipinski definition) is 2. The average Bonchev–Trinajstić information content (AvgIpc) is 3.05. The van der Waals surface area contributed by atoms with E-state index in [1.165, 1.54) is 5.56 Å². The smallest absolute Gasteiger partial charge is 0.255 e. The molecule has 2 N–H and O–H groups in total. The highest BCUT2D eigenvalue weighted by atomic mass is 16.1. The first-order chi connectivity index (χ1) is 12.6. The van der Waals surface area contributed by atoms with Crippen molar-refractivity contribution in [3.05, 3.63) is 83.4 Å². The molecule has 0 saturated heterocycles. The summed E-state index contributed by atoms with van der Waals surface area (Å²) in [4.78, 5) is 20.4. The molecule has 4 aromatic rings. The Morgan fingerprint density at radius 3 is 2.50 bits per heavy atom. The van der Waals surface area contributed by atoms with Crippen LogP contribution < -0.4 is 5.32 Å². The topological polar surface area (TPSA) is 57.8 Å². The number of fused-ring (bicyclic) bond motifs is 1. The van der Waals surface area contributed by atoms with E-state index < -0.39 is 0 Å². The van der Waals surface area contributed by atoms with E-state index in [0.29, 0.717) is 5.56 Å². The van der Waals surface area contributed by atoms with Crippen LogP contribution in [0, 0.1) is 13.8 Å². The van der Waals surface area contributed by atoms with Gasteiger partial charge >= 0.3 is 0 Å². The minimum atomic E-state index is -0.123. The number of nitrogens with one attached hydrogen (secondary N) is 2. The van der Waals surface area contributed by atoms with Gasteiger partial charge in [-0.2, -0.15) is 0 Å². The maximum atomic E-state index is 12.4. The van der Waals surface area contributed by atoms with Crippen molar-refractivity contribution in [2.75, 3.05) is 5.32 Å². The summed E-state index contributed by atoms with van der Waals surface area (Å²) in [5.41, 5.74) is 6.56. The summed E-state index contributed by atoms with van der Waals surface area (Å²) in [5, 5.41) is 2.95. The van der Waals surface area contributed by atoms with Crippen molar-refractivity contribution in [2.45, 2.75) is 13.8 Å². The summed E-state index contributed by atoms with van der Waals surface area (Å²) in [6, 6.07) is 21.4. The SMILES string of the molecule is Cc1ccc(C(=O)Nc2cccc(-c3nc4ccc(C)cc4[nH]3)c2)cc1. The lowest BCUT2D eigenvalue weighted by Gasteiger charge is -2.07. The number of aryl methyl sites for hydroxylation is 2. The number of H-pyrrole nitrogens is 1. The molecule has 0 saturated carbocycles. The zero-order chi connectivity index (χ0) is 18.1. The van der Waals surface area contributed by atoms with Crippen molar-refractivity contribution >= 4 is 22.6 Å². The predicted molar refractivity (Wildman–Crippen MR) is 105 cm³/mol. The number of carbonyl (C=O) groups is 1. The van der Waals surface area contributed by atoms with Crippen LogP contribution >= 0.6 is 0 Å². The number of hydrogen-bond donors (Lipinski definition) is 2. The minimum Gasteiger partial charge on any atom is -0.338 e. The Bertz CT molecular complexity index is 1090. The Morgan fingerprint density at radius 2 is 1.69 bits per heavy atom. The lowest BCUT2D eigenvalue weighted by atomic mass is 10.1. The number of carbonyl (C=O) groups excluding carboxylic acids is 1. The third kappa shape index (κ3) is 3.22. The molecule has 128 valence electrons. The zero-order valence-corrected chi connectivity index (χ0v) is 14.7. The van der Waals surface area contributed by atoms with E-state index in [1.807, 2.05) is 67.6 Å². The molecule has 0 spiro atoms. The Labute approximate surface area is 151 Å². The second kappa shape index (κ2) is 6.48. The van der Waals surface area contributed by atoms with Crippen molar-refractivity contribution in [1.82, 2.24) is 9.97 Å². The normalized spacial score (nSPS) is 10.8. The van der Waals surface area contributed by atoms with Crippen molar-refractivity contribution in [2.24, 2.45) is 0 Å². The Morgan fingerprint density at radius 1 is 0.923 bits per heavy atom. The number of amides is 1. The molecule has 0 fully saturated rings. The molecule has 26 heavy (non-hydrogen) atoms. The number of benzene rings is 3. The van der Waals surface area contributed by atoms with Gasteiger partial charge in [0.15, 0.2) is 0 Å². The largest absolute Gasteiger partial charge is 0.338 e. The number of imidazole rings is 1. The summed E-state index contributed by atoms with van der Waals surface area (Å²) >= 11 is 0. The van der Waals surface area contributed by atoms with Crippen LogP contribution in [0.25, 0.3) is 22.4 Å². The van der Waals surface area contributed by atoms with Gasteiger partial charge in [0.05, 0.1) is 11.0 Å². The van der Waals surface area contributed by atoms with Crippen LogP contribution in [0.2, 0.25) is 0 Å². The number of nitrogens with zero attached hydrogens (tertiary/aromatic N) is 1. The third-order valence-electron chi connectivity index (χ3n) is 4.35. The molecule has 1 amide bonds. The fourth-order valence-corrected chi connectivity index (χ4v) is 2.91. The van der Waals surface area contributed by atoms with E-state index in [1.54, 1.807) is 0 Å². The van der Waals surface area contributed by atoms with Crippen LogP contribution in [0.1, 0.15) is 21.5 Å². The first-order valence-electron chi connectivity index (χ1n) is 8.53. The Balaban J connectivity index is 1.61. The van der Waals surface area contributed by atoms with Crippen LogP contribution in [-0.4, -0.2) is 15.9 Å². The number of aromatic nitrogens is 2. The molecule has 4 heteroatoms. The van der Waals surface area contributed by atoms with Crippen LogP contribution in [0.3, 0.4) is 0 Å². The van der Waals surface area contributed by atoms with E-state index in [4.69, 9.17) is 0 Å². The standard InChI is InChI=1S/C22H19N3O/c1-14-6-9-16(10-7-14)22(26)23-18-5-3-4-17(13-18)21-24-19-11-8-15(2)12-20(19)25-21/h3-13H,1-2H3,(H,23,26)(H,24,25). The molecule has 3 aromatic carbocycles. The van der Waals surface area contributed by atoms with Crippen LogP contribution in [0.4, 0.5) is 5.69 Å². The highest BCUT2D eigenvalue weighted by Gasteiger charge is 2.09. The zero-order valence-electron chi connectivity index (χ0n) is 14.7. The predicted octanol–water partition coefficient (Wildman–Crippen LogP) is 5.10. The lowest BCUT2D eigenvalue weighted by Crippen LogP contribution is -2.11. The van der Waals surface area contributed by atoms with Gasteiger partial charge < -0.3 is 10.3 Å². The summed E-state index contributed by atoms with van der Waals surface area (Å²) in [5.74, 6) is 0.666. The molecule has 4 nitrogen and oxygen atoms in total. The summed E-state index contributed by atoms with van der Waals surface area (Å²) < 4.78 is 0. The van der Waals surface area contributed by atoms with Gasteiger partial charge in [0.25, 0.3) is 5.91 Å². The van der Waals surface area contributed by atoms with Gasteiger partial charge in [-0.3, -0.25) is 4.79 Å². The van der Waals surface area contributed by atoms with Gasteiger partial charge in [-0.25, -0.2) is 4.98 Å². The fourth-order valence-electron chi connectivity index (χ4n) is 2.91. The maximum Gasteiger partial charge on any atom is 0.255 e. The highest BCUT2D eigenvalue weighted by Crippen LogP contribution is 2.24. The van der Waals surface area contributed by atoms with Gasteiger partial charge in [0.1, 0.15) is 5.82 Å². The molecule has 0 aliphatic rings. The maximum absolute atomic E-state index is 12.4. The molecule has 0 radical (unpaired) electrons. The van der Waals surface area contributed by atoms with E-state index in [0.717, 1.165) is 33.7 Å². The first-order valence-corrected chi connectivity index (χ1v) is 8.53. The Hall–Kier alpha value is -3.40. The quantitative estimate of drug-likeness (QED) is 0.545. The van der Waals surface area contributed by atoms with Gasteiger partial charge in [0, 0.05) is 16.8 Å². The summed E-state index contributed by atoms with van der Waals surface area (Å²) in [6.45, 7) is 4.06. The van der Waals surface area contributed by atoms with Gasteiger partial charge in [0.2, 0.25) is 0 Å². The van der Waals surface area contributed by atoms with E-state index >= 15 is 0 Å². The van der Waals surface area contributed by atoms with E-state index in [9.17, 15) is 4.79 Å². The summed E-state index contributed by atoms with van der Waals surface area (Å²) in [6.07, 6.45) is 0. The minimum absolute atomic E-state index is 0.123.